The molecule has 0 aliphatic carbocycles. The number of nitro benzene ring substituents is 1. The van der Waals surface area contributed by atoms with Gasteiger partial charge in [0, 0.05) is 12.1 Å². The van der Waals surface area contributed by atoms with Gasteiger partial charge in [0.05, 0.1) is 4.92 Å². The van der Waals surface area contributed by atoms with Crippen LogP contribution in [-0.4, -0.2) is 4.92 Å². The molecule has 0 aromatic heterocycles. The maximum Gasteiger partial charge on any atom is 0.305 e. The fraction of sp³-hybridized carbons (Fsp3) is 0.200. The van der Waals surface area contributed by atoms with Gasteiger partial charge in [0.2, 0.25) is 5.82 Å². The summed E-state index contributed by atoms with van der Waals surface area (Å²) in [5.74, 6) is -1.22. The predicted molar refractivity (Wildman–Crippen MR) is 75.1 cm³/mol. The molecule has 2 aromatic rings. The molecule has 0 saturated carbocycles. The number of hydrogen-bond acceptors (Lipinski definition) is 3. The first-order valence-electron chi connectivity index (χ1n) is 6.37. The molecule has 0 N–H and O–H groups in total. The first kappa shape index (κ1) is 16.6. The van der Waals surface area contributed by atoms with Crippen LogP contribution in [0.1, 0.15) is 19.4 Å². The lowest BCUT2D eigenvalue weighted by Crippen LogP contribution is -1.98. The zero-order valence-electron chi connectivity index (χ0n) is 11.7. The molecule has 0 amide bonds. The molecule has 0 bridgehead atoms. The van der Waals surface area contributed by atoms with Crippen molar-refractivity contribution in [2.45, 2.75) is 20.5 Å². The van der Waals surface area contributed by atoms with E-state index in [1.54, 1.807) is 6.07 Å². The zero-order valence-corrected chi connectivity index (χ0v) is 11.7. The summed E-state index contributed by atoms with van der Waals surface area (Å²) >= 11 is 0. The van der Waals surface area contributed by atoms with E-state index in [0.29, 0.717) is 5.56 Å². The van der Waals surface area contributed by atoms with Gasteiger partial charge in [0.25, 0.3) is 0 Å². The molecule has 2 aromatic carbocycles. The lowest BCUT2D eigenvalue weighted by Gasteiger charge is -2.06. The van der Waals surface area contributed by atoms with Crippen LogP contribution in [0.15, 0.2) is 42.5 Å². The summed E-state index contributed by atoms with van der Waals surface area (Å²) in [6, 6.07) is 9.03. The average molecular weight is 295 g/mol. The molecule has 6 heteroatoms. The molecule has 0 aliphatic heterocycles. The molecule has 0 spiro atoms. The molecule has 0 heterocycles. The summed E-state index contributed by atoms with van der Waals surface area (Å²) < 4.78 is 31.5. The SMILES string of the molecule is CC.O=[N+]([O-])c1ccc(OCc2cccc(F)c2)cc1F. The van der Waals surface area contributed by atoms with Crippen LogP contribution >= 0.6 is 0 Å². The quantitative estimate of drug-likeness (QED) is 0.617. The van der Waals surface area contributed by atoms with E-state index in [2.05, 4.69) is 0 Å². The van der Waals surface area contributed by atoms with Crippen molar-refractivity contribution < 1.29 is 18.4 Å². The van der Waals surface area contributed by atoms with Gasteiger partial charge in [-0.2, -0.15) is 4.39 Å². The van der Waals surface area contributed by atoms with Crippen molar-refractivity contribution in [3.63, 3.8) is 0 Å². The molecule has 0 radical (unpaired) electrons. The summed E-state index contributed by atoms with van der Waals surface area (Å²) in [4.78, 5) is 9.62. The normalized spacial score (nSPS) is 9.52. The number of hydrogen-bond donors (Lipinski definition) is 0. The Morgan fingerprint density at radius 2 is 1.86 bits per heavy atom. The average Bonchev–Trinajstić information content (AvgIpc) is 2.47. The van der Waals surface area contributed by atoms with E-state index in [-0.39, 0.29) is 12.4 Å². The largest absolute Gasteiger partial charge is 0.489 e. The Hall–Kier alpha value is -2.50. The Kier molecular flexibility index (Phi) is 6.26. The van der Waals surface area contributed by atoms with E-state index < -0.39 is 22.2 Å². The van der Waals surface area contributed by atoms with Crippen molar-refractivity contribution in [3.05, 3.63) is 69.8 Å². The molecular weight excluding hydrogens is 280 g/mol. The van der Waals surface area contributed by atoms with Gasteiger partial charge in [-0.25, -0.2) is 4.39 Å². The van der Waals surface area contributed by atoms with Crippen molar-refractivity contribution in [2.75, 3.05) is 0 Å². The maximum atomic E-state index is 13.3. The first-order valence-corrected chi connectivity index (χ1v) is 6.37. The molecule has 4 nitrogen and oxygen atoms in total. The van der Waals surface area contributed by atoms with Crippen LogP contribution < -0.4 is 4.74 Å². The van der Waals surface area contributed by atoms with Gasteiger partial charge in [-0.05, 0) is 23.8 Å². The van der Waals surface area contributed by atoms with Gasteiger partial charge in [-0.1, -0.05) is 26.0 Å². The van der Waals surface area contributed by atoms with Gasteiger partial charge in [-0.3, -0.25) is 10.1 Å². The van der Waals surface area contributed by atoms with Crippen molar-refractivity contribution >= 4 is 5.69 Å². The van der Waals surface area contributed by atoms with E-state index in [9.17, 15) is 18.9 Å². The van der Waals surface area contributed by atoms with Crippen LogP contribution in [0, 0.1) is 21.7 Å². The smallest absolute Gasteiger partial charge is 0.305 e. The second kappa shape index (κ2) is 7.94. The standard InChI is InChI=1S/C13H9F2NO3.C2H6/c14-10-3-1-2-9(6-10)8-19-11-4-5-13(16(17)18)12(15)7-11;1-2/h1-7H,8H2;1-2H3. The van der Waals surface area contributed by atoms with Gasteiger partial charge in [0.15, 0.2) is 0 Å². The summed E-state index contributed by atoms with van der Waals surface area (Å²) in [5.41, 5.74) is -0.0307. The highest BCUT2D eigenvalue weighted by Gasteiger charge is 2.14. The van der Waals surface area contributed by atoms with E-state index >= 15 is 0 Å². The summed E-state index contributed by atoms with van der Waals surface area (Å²) in [5, 5.41) is 10.4. The minimum atomic E-state index is -0.971. The number of nitrogens with zero attached hydrogens (tertiary/aromatic N) is 1. The highest BCUT2D eigenvalue weighted by molar-refractivity contribution is 5.38. The topological polar surface area (TPSA) is 52.4 Å². The fourth-order valence-corrected chi connectivity index (χ4v) is 1.52. The number of nitro groups is 1. The van der Waals surface area contributed by atoms with Crippen LogP contribution in [0.25, 0.3) is 0 Å². The van der Waals surface area contributed by atoms with Gasteiger partial charge >= 0.3 is 5.69 Å². The highest BCUT2D eigenvalue weighted by atomic mass is 19.1. The van der Waals surface area contributed by atoms with Crippen LogP contribution in [0.3, 0.4) is 0 Å². The minimum Gasteiger partial charge on any atom is -0.489 e. The Morgan fingerprint density at radius 3 is 2.43 bits per heavy atom. The molecule has 2 rings (SSSR count). The molecule has 0 fully saturated rings. The molecule has 0 aliphatic rings. The third-order valence-electron chi connectivity index (χ3n) is 2.41. The third-order valence-corrected chi connectivity index (χ3v) is 2.41. The van der Waals surface area contributed by atoms with E-state index in [1.165, 1.54) is 24.3 Å². The van der Waals surface area contributed by atoms with Crippen molar-refractivity contribution in [3.8, 4) is 5.75 Å². The van der Waals surface area contributed by atoms with E-state index in [4.69, 9.17) is 4.74 Å². The van der Waals surface area contributed by atoms with Crippen LogP contribution in [0.5, 0.6) is 5.75 Å². The lowest BCUT2D eigenvalue weighted by molar-refractivity contribution is -0.387. The zero-order chi connectivity index (χ0) is 15.8. The summed E-state index contributed by atoms with van der Waals surface area (Å²) in [7, 11) is 0. The van der Waals surface area contributed by atoms with Crippen LogP contribution in [0.2, 0.25) is 0 Å². The number of ether oxygens (including phenoxy) is 1. The Morgan fingerprint density at radius 1 is 1.14 bits per heavy atom. The Balaban J connectivity index is 0.00000106. The Bertz CT molecular complexity index is 618. The lowest BCUT2D eigenvalue weighted by atomic mass is 10.2. The maximum absolute atomic E-state index is 13.3. The van der Waals surface area contributed by atoms with Crippen molar-refractivity contribution in [1.29, 1.82) is 0 Å². The third kappa shape index (κ3) is 4.83. The molecular formula is C15H15F2NO3. The minimum absolute atomic E-state index is 0.0506. The van der Waals surface area contributed by atoms with Crippen LogP contribution in [0.4, 0.5) is 14.5 Å². The van der Waals surface area contributed by atoms with E-state index in [1.807, 2.05) is 13.8 Å². The van der Waals surface area contributed by atoms with Crippen molar-refractivity contribution in [2.24, 2.45) is 0 Å². The number of benzene rings is 2. The molecule has 21 heavy (non-hydrogen) atoms. The highest BCUT2D eigenvalue weighted by Crippen LogP contribution is 2.23. The summed E-state index contributed by atoms with van der Waals surface area (Å²) in [6.07, 6.45) is 0. The second-order valence-electron chi connectivity index (χ2n) is 3.79. The van der Waals surface area contributed by atoms with Gasteiger partial charge < -0.3 is 4.74 Å². The van der Waals surface area contributed by atoms with Crippen LogP contribution in [-0.2, 0) is 6.61 Å². The monoisotopic (exact) mass is 295 g/mol. The van der Waals surface area contributed by atoms with Crippen molar-refractivity contribution in [1.82, 2.24) is 0 Å². The predicted octanol–water partition coefficient (Wildman–Crippen LogP) is 4.48. The van der Waals surface area contributed by atoms with E-state index in [0.717, 1.165) is 12.1 Å². The Labute approximate surface area is 121 Å². The fourth-order valence-electron chi connectivity index (χ4n) is 1.52. The molecule has 0 saturated heterocycles. The molecule has 0 atom stereocenters. The summed E-state index contributed by atoms with van der Waals surface area (Å²) in [6.45, 7) is 4.05. The second-order valence-corrected chi connectivity index (χ2v) is 3.79. The molecule has 0 unspecified atom stereocenters. The molecule has 112 valence electrons. The number of rotatable bonds is 4. The van der Waals surface area contributed by atoms with Gasteiger partial charge in [0.1, 0.15) is 18.2 Å². The first-order chi connectivity index (χ1) is 10.1. The number of halogens is 2. The van der Waals surface area contributed by atoms with Gasteiger partial charge in [-0.15, -0.1) is 0 Å².